The van der Waals surface area contributed by atoms with E-state index < -0.39 is 6.10 Å². The summed E-state index contributed by atoms with van der Waals surface area (Å²) < 4.78 is 0. The van der Waals surface area contributed by atoms with Crippen LogP contribution in [-0.4, -0.2) is 42.2 Å². The molecule has 2 unspecified atom stereocenters. The molecule has 2 rings (SSSR count). The van der Waals surface area contributed by atoms with Crippen molar-refractivity contribution in [3.63, 3.8) is 0 Å². The Bertz CT molecular complexity index is 533. The van der Waals surface area contributed by atoms with Crippen LogP contribution < -0.4 is 16.0 Å². The topological polar surface area (TPSA) is 90.5 Å². The Balaban J connectivity index is 0.00000242. The molecule has 0 saturated carbocycles. The maximum Gasteiger partial charge on any atom is 0.251 e. The van der Waals surface area contributed by atoms with Crippen LogP contribution in [0.5, 0.6) is 0 Å². The van der Waals surface area contributed by atoms with Crippen LogP contribution in [0.3, 0.4) is 0 Å². The molecular formula is C15H20ClN3O3. The zero-order valence-corrected chi connectivity index (χ0v) is 12.9. The van der Waals surface area contributed by atoms with E-state index in [1.807, 2.05) is 0 Å². The molecule has 6 nitrogen and oxygen atoms in total. The van der Waals surface area contributed by atoms with Crippen molar-refractivity contribution >= 4 is 29.9 Å². The molecule has 1 aromatic carbocycles. The lowest BCUT2D eigenvalue weighted by molar-refractivity contribution is -0.117. The van der Waals surface area contributed by atoms with Crippen LogP contribution in [0, 0.1) is 0 Å². The summed E-state index contributed by atoms with van der Waals surface area (Å²) in [7, 11) is 0. The van der Waals surface area contributed by atoms with Crippen LogP contribution >= 0.6 is 12.4 Å². The van der Waals surface area contributed by atoms with E-state index in [9.17, 15) is 14.7 Å². The Morgan fingerprint density at radius 3 is 2.59 bits per heavy atom. The quantitative estimate of drug-likeness (QED) is 0.599. The minimum absolute atomic E-state index is 0. The third-order valence-corrected chi connectivity index (χ3v) is 3.25. The largest absolute Gasteiger partial charge is 0.392 e. The van der Waals surface area contributed by atoms with Crippen LogP contribution in [0.25, 0.3) is 0 Å². The van der Waals surface area contributed by atoms with Gasteiger partial charge in [-0.15, -0.1) is 19.0 Å². The summed E-state index contributed by atoms with van der Waals surface area (Å²) >= 11 is 0. The first kappa shape index (κ1) is 18.2. The van der Waals surface area contributed by atoms with Gasteiger partial charge in [0.2, 0.25) is 5.91 Å². The van der Waals surface area contributed by atoms with E-state index in [0.717, 1.165) is 0 Å². The van der Waals surface area contributed by atoms with Crippen molar-refractivity contribution in [3.05, 3.63) is 42.5 Å². The van der Waals surface area contributed by atoms with Gasteiger partial charge in [-0.1, -0.05) is 6.08 Å². The highest BCUT2D eigenvalue weighted by Gasteiger charge is 2.27. The number of amides is 2. The van der Waals surface area contributed by atoms with Gasteiger partial charge in [0.15, 0.2) is 0 Å². The minimum atomic E-state index is -0.475. The number of carbonyl (C=O) groups is 2. The maximum atomic E-state index is 11.9. The van der Waals surface area contributed by atoms with Gasteiger partial charge in [-0.3, -0.25) is 9.59 Å². The molecule has 0 aliphatic carbocycles. The van der Waals surface area contributed by atoms with Crippen LogP contribution in [0.2, 0.25) is 0 Å². The van der Waals surface area contributed by atoms with Gasteiger partial charge in [0, 0.05) is 24.3 Å². The Hall–Kier alpha value is -1.89. The van der Waals surface area contributed by atoms with Crippen molar-refractivity contribution in [1.82, 2.24) is 10.6 Å². The third kappa shape index (κ3) is 4.84. The zero-order valence-electron chi connectivity index (χ0n) is 12.0. The normalized spacial score (nSPS) is 19.9. The highest BCUT2D eigenvalue weighted by atomic mass is 35.5. The van der Waals surface area contributed by atoms with Gasteiger partial charge in [0.25, 0.3) is 5.91 Å². The van der Waals surface area contributed by atoms with Crippen molar-refractivity contribution in [1.29, 1.82) is 0 Å². The molecule has 4 N–H and O–H groups in total. The standard InChI is InChI=1S/C15H19N3O3.ClH/c1-2-7-16-14(20)10-3-5-11(6-4-10)18-15(21)13-8-12(19)9-17-13;/h2-6,12-13,17,19H,1,7-9H2,(H,16,20)(H,18,21);1H. The third-order valence-electron chi connectivity index (χ3n) is 3.25. The van der Waals surface area contributed by atoms with Gasteiger partial charge < -0.3 is 21.1 Å². The van der Waals surface area contributed by atoms with Crippen LogP contribution in [0.15, 0.2) is 36.9 Å². The van der Waals surface area contributed by atoms with Gasteiger partial charge >= 0.3 is 0 Å². The summed E-state index contributed by atoms with van der Waals surface area (Å²) in [4.78, 5) is 23.6. The number of hydrogen-bond acceptors (Lipinski definition) is 4. The molecule has 0 bridgehead atoms. The van der Waals surface area contributed by atoms with Gasteiger partial charge in [-0.2, -0.15) is 0 Å². The number of carbonyl (C=O) groups excluding carboxylic acids is 2. The molecule has 2 atom stereocenters. The fourth-order valence-electron chi connectivity index (χ4n) is 2.12. The van der Waals surface area contributed by atoms with Crippen LogP contribution in [-0.2, 0) is 4.79 Å². The SMILES string of the molecule is C=CCNC(=O)c1ccc(NC(=O)C2CC(O)CN2)cc1.Cl. The van der Waals surface area contributed by atoms with E-state index >= 15 is 0 Å². The molecular weight excluding hydrogens is 306 g/mol. The van der Waals surface area contributed by atoms with E-state index in [1.54, 1.807) is 30.3 Å². The summed E-state index contributed by atoms with van der Waals surface area (Å²) in [6.45, 7) is 4.37. The number of hydrogen-bond donors (Lipinski definition) is 4. The fraction of sp³-hybridized carbons (Fsp3) is 0.333. The molecule has 1 aromatic rings. The summed E-state index contributed by atoms with van der Waals surface area (Å²) in [5.41, 5.74) is 1.13. The first-order valence-electron chi connectivity index (χ1n) is 6.81. The van der Waals surface area contributed by atoms with Crippen LogP contribution in [0.1, 0.15) is 16.8 Å². The molecule has 7 heteroatoms. The number of anilines is 1. The first-order valence-corrected chi connectivity index (χ1v) is 6.81. The molecule has 0 spiro atoms. The van der Waals surface area contributed by atoms with Gasteiger partial charge in [-0.05, 0) is 30.7 Å². The highest BCUT2D eigenvalue weighted by molar-refractivity contribution is 5.97. The molecule has 0 aromatic heterocycles. The maximum absolute atomic E-state index is 11.9. The summed E-state index contributed by atoms with van der Waals surface area (Å²) in [5.74, 6) is -0.372. The lowest BCUT2D eigenvalue weighted by Crippen LogP contribution is -2.35. The fourth-order valence-corrected chi connectivity index (χ4v) is 2.12. The van der Waals surface area contributed by atoms with Crippen molar-refractivity contribution in [2.75, 3.05) is 18.4 Å². The second kappa shape index (κ2) is 8.53. The average Bonchev–Trinajstić information content (AvgIpc) is 2.92. The Kier molecular flexibility index (Phi) is 7.04. The number of benzene rings is 1. The second-order valence-corrected chi connectivity index (χ2v) is 4.92. The molecule has 22 heavy (non-hydrogen) atoms. The predicted molar refractivity (Wildman–Crippen MR) is 87.3 cm³/mol. The first-order chi connectivity index (χ1) is 10.1. The molecule has 1 saturated heterocycles. The number of β-amino-alcohol motifs (C(OH)–C–C–N with tert-alkyl or cyclic N) is 1. The minimum Gasteiger partial charge on any atom is -0.392 e. The number of halogens is 1. The lowest BCUT2D eigenvalue weighted by atomic mass is 10.1. The molecule has 0 radical (unpaired) electrons. The smallest absolute Gasteiger partial charge is 0.251 e. The molecule has 120 valence electrons. The van der Waals surface area contributed by atoms with Gasteiger partial charge in [-0.25, -0.2) is 0 Å². The number of rotatable bonds is 5. The number of aliphatic hydroxyl groups excluding tert-OH is 1. The summed E-state index contributed by atoms with van der Waals surface area (Å²) in [6.07, 6.45) is 1.54. The van der Waals surface area contributed by atoms with Crippen molar-refractivity contribution in [3.8, 4) is 0 Å². The summed E-state index contributed by atoms with van der Waals surface area (Å²) in [6, 6.07) is 6.25. The van der Waals surface area contributed by atoms with Crippen molar-refractivity contribution in [2.45, 2.75) is 18.6 Å². The van der Waals surface area contributed by atoms with E-state index in [2.05, 4.69) is 22.5 Å². The average molecular weight is 326 g/mol. The number of aliphatic hydroxyl groups is 1. The van der Waals surface area contributed by atoms with Crippen LogP contribution in [0.4, 0.5) is 5.69 Å². The van der Waals surface area contributed by atoms with Crippen molar-refractivity contribution < 1.29 is 14.7 Å². The zero-order chi connectivity index (χ0) is 15.2. The lowest BCUT2D eigenvalue weighted by Gasteiger charge is -2.11. The Labute approximate surface area is 135 Å². The molecule has 1 aliphatic rings. The van der Waals surface area contributed by atoms with Crippen molar-refractivity contribution in [2.24, 2.45) is 0 Å². The highest BCUT2D eigenvalue weighted by Crippen LogP contribution is 2.13. The summed E-state index contributed by atoms with van der Waals surface area (Å²) in [5, 5.41) is 17.8. The monoisotopic (exact) mass is 325 g/mol. The van der Waals surface area contributed by atoms with E-state index in [0.29, 0.717) is 30.8 Å². The van der Waals surface area contributed by atoms with E-state index in [-0.39, 0.29) is 30.3 Å². The Morgan fingerprint density at radius 1 is 1.36 bits per heavy atom. The van der Waals surface area contributed by atoms with Gasteiger partial charge in [0.1, 0.15) is 0 Å². The molecule has 1 aliphatic heterocycles. The molecule has 1 fully saturated rings. The van der Waals surface area contributed by atoms with E-state index in [1.165, 1.54) is 0 Å². The number of nitrogens with one attached hydrogen (secondary N) is 3. The van der Waals surface area contributed by atoms with E-state index in [4.69, 9.17) is 0 Å². The molecule has 2 amide bonds. The van der Waals surface area contributed by atoms with Gasteiger partial charge in [0.05, 0.1) is 12.1 Å². The second-order valence-electron chi connectivity index (χ2n) is 4.92. The molecule has 1 heterocycles. The predicted octanol–water partition coefficient (Wildman–Crippen LogP) is 0.685. The Morgan fingerprint density at radius 2 is 2.05 bits per heavy atom.